The fraction of sp³-hybridized carbons (Fsp3) is 0.800. The first kappa shape index (κ1) is 6.81. The highest BCUT2D eigenvalue weighted by Gasteiger charge is 2.61. The van der Waals surface area contributed by atoms with Crippen LogP contribution in [0, 0.1) is 23.7 Å². The van der Waals surface area contributed by atoms with Crippen molar-refractivity contribution in [1.29, 1.82) is 0 Å². The van der Waals surface area contributed by atoms with Crippen LogP contribution in [0.1, 0.15) is 25.7 Å². The van der Waals surface area contributed by atoms with Crippen molar-refractivity contribution in [3.63, 3.8) is 0 Å². The Morgan fingerprint density at radius 1 is 0.833 bits per heavy atom. The smallest absolute Gasteiger partial charge is 0.137 e. The van der Waals surface area contributed by atoms with E-state index < -0.39 is 0 Å². The molecule has 3 aliphatic carbocycles. The van der Waals surface area contributed by atoms with Crippen LogP contribution < -0.4 is 0 Å². The molecule has 0 amide bonds. The van der Waals surface area contributed by atoms with Crippen molar-refractivity contribution in [2.24, 2.45) is 23.7 Å². The molecule has 3 fully saturated rings. The van der Waals surface area contributed by atoms with Crippen LogP contribution in [-0.4, -0.2) is 11.6 Å². The van der Waals surface area contributed by atoms with Crippen molar-refractivity contribution in [2.45, 2.75) is 25.7 Å². The summed E-state index contributed by atoms with van der Waals surface area (Å²) in [5, 5.41) is 0. The fourth-order valence-corrected chi connectivity index (χ4v) is 3.54. The predicted octanol–water partition coefficient (Wildman–Crippen LogP) is 1.19. The number of carbonyl (C=O) groups excluding carboxylic acids is 2. The van der Waals surface area contributed by atoms with E-state index in [4.69, 9.17) is 0 Å². The van der Waals surface area contributed by atoms with Gasteiger partial charge in [0.25, 0.3) is 0 Å². The summed E-state index contributed by atoms with van der Waals surface area (Å²) in [6, 6.07) is 0. The normalized spacial score (nSPS) is 50.3. The molecule has 0 aromatic carbocycles. The molecule has 0 spiro atoms. The quantitative estimate of drug-likeness (QED) is 0.539. The number of Topliss-reactive ketones (excluding diaryl/α,β-unsaturated/α-hetero) is 2. The van der Waals surface area contributed by atoms with Gasteiger partial charge in [0.05, 0.1) is 0 Å². The molecule has 3 unspecified atom stereocenters. The maximum absolute atomic E-state index is 11.4. The molecule has 0 radical (unpaired) electrons. The van der Waals surface area contributed by atoms with Gasteiger partial charge in [-0.15, -0.1) is 0 Å². The second kappa shape index (κ2) is 1.98. The minimum Gasteiger partial charge on any atom is -0.299 e. The number of hydrogen-bond acceptors (Lipinski definition) is 2. The summed E-state index contributed by atoms with van der Waals surface area (Å²) in [5.41, 5.74) is 0. The summed E-state index contributed by atoms with van der Waals surface area (Å²) in [6.45, 7) is 0. The molecule has 64 valence electrons. The Bertz CT molecular complexity index is 241. The molecule has 2 heteroatoms. The Morgan fingerprint density at radius 2 is 1.25 bits per heavy atom. The molecule has 0 aliphatic heterocycles. The van der Waals surface area contributed by atoms with Crippen LogP contribution in [0.3, 0.4) is 0 Å². The van der Waals surface area contributed by atoms with E-state index in [0.29, 0.717) is 23.4 Å². The molecule has 0 bridgehead atoms. The zero-order valence-electron chi connectivity index (χ0n) is 6.95. The van der Waals surface area contributed by atoms with E-state index in [1.54, 1.807) is 0 Å². The molecular formula is C10H12O2. The number of carbonyl (C=O) groups is 2. The molecule has 12 heavy (non-hydrogen) atoms. The van der Waals surface area contributed by atoms with Crippen LogP contribution in [0.5, 0.6) is 0 Å². The van der Waals surface area contributed by atoms with E-state index in [0.717, 1.165) is 25.7 Å². The maximum Gasteiger partial charge on any atom is 0.137 e. The third-order valence-corrected chi connectivity index (χ3v) is 4.05. The van der Waals surface area contributed by atoms with Crippen LogP contribution in [0.4, 0.5) is 0 Å². The van der Waals surface area contributed by atoms with Crippen molar-refractivity contribution >= 4 is 11.6 Å². The highest BCUT2D eigenvalue weighted by atomic mass is 16.1. The third kappa shape index (κ3) is 0.584. The van der Waals surface area contributed by atoms with Gasteiger partial charge in [0.2, 0.25) is 0 Å². The van der Waals surface area contributed by atoms with Crippen molar-refractivity contribution in [3.05, 3.63) is 0 Å². The Morgan fingerprint density at radius 3 is 1.67 bits per heavy atom. The molecule has 3 rings (SSSR count). The Balaban J connectivity index is 1.93. The Hall–Kier alpha value is -0.660. The first-order chi connectivity index (χ1) is 5.79. The standard InChI is InChI=1S/C10H12O2/c11-7-3-1-5-6-2-4-8(12)10(6)9(5)7/h5-6,9-10H,1-4H2/t5?,6?,9-,10?/m1/s1. The molecular weight excluding hydrogens is 152 g/mol. The van der Waals surface area contributed by atoms with Gasteiger partial charge in [-0.25, -0.2) is 0 Å². The summed E-state index contributed by atoms with van der Waals surface area (Å²) in [7, 11) is 0. The first-order valence-corrected chi connectivity index (χ1v) is 4.84. The van der Waals surface area contributed by atoms with Gasteiger partial charge in [-0.2, -0.15) is 0 Å². The SMILES string of the molecule is O=C1CCC2C3CCC(=O)[C@@H]3C12. The molecule has 0 saturated heterocycles. The van der Waals surface area contributed by atoms with Gasteiger partial charge in [-0.3, -0.25) is 9.59 Å². The highest BCUT2D eigenvalue weighted by Crippen LogP contribution is 2.59. The number of hydrogen-bond donors (Lipinski definition) is 0. The Labute approximate surface area is 71.3 Å². The van der Waals surface area contributed by atoms with Crippen molar-refractivity contribution in [1.82, 2.24) is 0 Å². The summed E-state index contributed by atoms with van der Waals surface area (Å²) in [4.78, 5) is 22.7. The third-order valence-electron chi connectivity index (χ3n) is 4.05. The minimum absolute atomic E-state index is 0.171. The summed E-state index contributed by atoms with van der Waals surface area (Å²) in [6.07, 6.45) is 3.63. The van der Waals surface area contributed by atoms with Gasteiger partial charge in [0.15, 0.2) is 0 Å². The van der Waals surface area contributed by atoms with Gasteiger partial charge in [0, 0.05) is 24.7 Å². The van der Waals surface area contributed by atoms with Gasteiger partial charge in [-0.05, 0) is 24.7 Å². The van der Waals surface area contributed by atoms with E-state index in [1.165, 1.54) is 0 Å². The average molecular weight is 164 g/mol. The molecule has 0 N–H and O–H groups in total. The van der Waals surface area contributed by atoms with E-state index in [-0.39, 0.29) is 11.8 Å². The van der Waals surface area contributed by atoms with Crippen molar-refractivity contribution in [3.8, 4) is 0 Å². The summed E-state index contributed by atoms with van der Waals surface area (Å²) in [5.74, 6) is 2.30. The zero-order valence-corrected chi connectivity index (χ0v) is 6.95. The lowest BCUT2D eigenvalue weighted by Crippen LogP contribution is -2.46. The minimum atomic E-state index is 0.171. The van der Waals surface area contributed by atoms with Gasteiger partial charge in [0.1, 0.15) is 11.6 Å². The highest BCUT2D eigenvalue weighted by molar-refractivity contribution is 5.95. The second-order valence-electron chi connectivity index (χ2n) is 4.39. The van der Waals surface area contributed by atoms with E-state index in [9.17, 15) is 9.59 Å². The van der Waals surface area contributed by atoms with Gasteiger partial charge >= 0.3 is 0 Å². The Kier molecular flexibility index (Phi) is 1.12. The molecule has 3 saturated carbocycles. The topological polar surface area (TPSA) is 34.1 Å². The monoisotopic (exact) mass is 164 g/mol. The largest absolute Gasteiger partial charge is 0.299 e. The fourth-order valence-electron chi connectivity index (χ4n) is 3.54. The van der Waals surface area contributed by atoms with Crippen LogP contribution in [0.2, 0.25) is 0 Å². The van der Waals surface area contributed by atoms with Crippen LogP contribution in [0.15, 0.2) is 0 Å². The number of rotatable bonds is 0. The molecule has 0 aromatic rings. The number of fused-ring (bicyclic) bond motifs is 4. The van der Waals surface area contributed by atoms with Crippen LogP contribution >= 0.6 is 0 Å². The molecule has 4 atom stereocenters. The van der Waals surface area contributed by atoms with E-state index in [2.05, 4.69) is 0 Å². The number of ketones is 2. The maximum atomic E-state index is 11.4. The van der Waals surface area contributed by atoms with E-state index in [1.807, 2.05) is 0 Å². The lowest BCUT2D eigenvalue weighted by atomic mass is 9.59. The molecule has 0 heterocycles. The summed E-state index contributed by atoms with van der Waals surface area (Å²) < 4.78 is 0. The van der Waals surface area contributed by atoms with Gasteiger partial charge < -0.3 is 0 Å². The summed E-state index contributed by atoms with van der Waals surface area (Å²) >= 11 is 0. The zero-order chi connectivity index (χ0) is 8.29. The van der Waals surface area contributed by atoms with E-state index >= 15 is 0 Å². The lowest BCUT2D eigenvalue weighted by Gasteiger charge is -2.42. The van der Waals surface area contributed by atoms with Crippen molar-refractivity contribution < 1.29 is 9.59 Å². The molecule has 3 aliphatic rings. The van der Waals surface area contributed by atoms with Crippen LogP contribution in [0.25, 0.3) is 0 Å². The van der Waals surface area contributed by atoms with Crippen LogP contribution in [-0.2, 0) is 9.59 Å². The first-order valence-electron chi connectivity index (χ1n) is 4.84. The second-order valence-corrected chi connectivity index (χ2v) is 4.39. The van der Waals surface area contributed by atoms with Gasteiger partial charge in [-0.1, -0.05) is 0 Å². The average Bonchev–Trinajstić information content (AvgIpc) is 2.41. The lowest BCUT2D eigenvalue weighted by molar-refractivity contribution is -0.139. The predicted molar refractivity (Wildman–Crippen MR) is 42.4 cm³/mol. The molecule has 0 aromatic heterocycles. The molecule has 2 nitrogen and oxygen atoms in total. The van der Waals surface area contributed by atoms with Crippen molar-refractivity contribution in [2.75, 3.05) is 0 Å².